The van der Waals surface area contributed by atoms with E-state index in [2.05, 4.69) is 12.2 Å². The summed E-state index contributed by atoms with van der Waals surface area (Å²) < 4.78 is 11.0. The van der Waals surface area contributed by atoms with Gasteiger partial charge in [-0.25, -0.2) is 0 Å². The SMILES string of the molecule is CCCOc1cc(C=C2C(=O)Nc3ccccc32)ccc1OC. The van der Waals surface area contributed by atoms with Crippen LogP contribution in [0.1, 0.15) is 24.5 Å². The Morgan fingerprint density at radius 3 is 2.74 bits per heavy atom. The monoisotopic (exact) mass is 309 g/mol. The normalized spacial score (nSPS) is 14.5. The first-order valence-corrected chi connectivity index (χ1v) is 7.66. The van der Waals surface area contributed by atoms with Crippen LogP contribution in [-0.2, 0) is 4.79 Å². The van der Waals surface area contributed by atoms with Crippen molar-refractivity contribution >= 4 is 23.2 Å². The van der Waals surface area contributed by atoms with Crippen molar-refractivity contribution < 1.29 is 14.3 Å². The van der Waals surface area contributed by atoms with Crippen LogP contribution in [0.2, 0.25) is 0 Å². The highest BCUT2D eigenvalue weighted by Gasteiger charge is 2.23. The molecule has 0 saturated heterocycles. The number of nitrogens with one attached hydrogen (secondary N) is 1. The molecule has 0 spiro atoms. The Bertz CT molecular complexity index is 765. The fourth-order valence-corrected chi connectivity index (χ4v) is 2.56. The number of methoxy groups -OCH3 is 1. The van der Waals surface area contributed by atoms with Crippen LogP contribution in [0.15, 0.2) is 42.5 Å². The van der Waals surface area contributed by atoms with E-state index >= 15 is 0 Å². The largest absolute Gasteiger partial charge is 0.493 e. The molecule has 0 saturated carbocycles. The number of anilines is 1. The van der Waals surface area contributed by atoms with Crippen molar-refractivity contribution in [3.8, 4) is 11.5 Å². The summed E-state index contributed by atoms with van der Waals surface area (Å²) in [5.41, 5.74) is 3.33. The fourth-order valence-electron chi connectivity index (χ4n) is 2.56. The Morgan fingerprint density at radius 2 is 1.96 bits per heavy atom. The number of hydrogen-bond donors (Lipinski definition) is 1. The van der Waals surface area contributed by atoms with E-state index in [4.69, 9.17) is 9.47 Å². The van der Waals surface area contributed by atoms with Gasteiger partial charge in [0, 0.05) is 16.8 Å². The predicted octanol–water partition coefficient (Wildman–Crippen LogP) is 3.98. The first kappa shape index (κ1) is 15.2. The molecule has 0 aromatic heterocycles. The second-order valence-electron chi connectivity index (χ2n) is 5.32. The molecule has 4 heteroatoms. The summed E-state index contributed by atoms with van der Waals surface area (Å²) in [5, 5.41) is 2.88. The number of ether oxygens (including phenoxy) is 2. The molecule has 2 aromatic rings. The summed E-state index contributed by atoms with van der Waals surface area (Å²) in [6.45, 7) is 2.68. The average molecular weight is 309 g/mol. The van der Waals surface area contributed by atoms with Crippen LogP contribution in [0.25, 0.3) is 11.6 Å². The summed E-state index contributed by atoms with van der Waals surface area (Å²) >= 11 is 0. The number of rotatable bonds is 5. The van der Waals surface area contributed by atoms with E-state index in [1.165, 1.54) is 0 Å². The second-order valence-corrected chi connectivity index (χ2v) is 5.32. The molecule has 1 aliphatic heterocycles. The van der Waals surface area contributed by atoms with Gasteiger partial charge in [-0.3, -0.25) is 4.79 Å². The van der Waals surface area contributed by atoms with Gasteiger partial charge in [-0.05, 0) is 36.3 Å². The number of amides is 1. The van der Waals surface area contributed by atoms with Crippen LogP contribution in [0.4, 0.5) is 5.69 Å². The molecule has 23 heavy (non-hydrogen) atoms. The van der Waals surface area contributed by atoms with E-state index < -0.39 is 0 Å². The molecule has 0 unspecified atom stereocenters. The number of fused-ring (bicyclic) bond motifs is 1. The molecular formula is C19H19NO3. The van der Waals surface area contributed by atoms with Crippen molar-refractivity contribution in [1.29, 1.82) is 0 Å². The van der Waals surface area contributed by atoms with E-state index in [0.717, 1.165) is 23.2 Å². The molecule has 1 N–H and O–H groups in total. The van der Waals surface area contributed by atoms with Crippen LogP contribution in [0, 0.1) is 0 Å². The Labute approximate surface area is 135 Å². The van der Waals surface area contributed by atoms with Crippen molar-refractivity contribution in [2.24, 2.45) is 0 Å². The average Bonchev–Trinajstić information content (AvgIpc) is 2.89. The molecule has 1 aliphatic rings. The maximum absolute atomic E-state index is 12.2. The molecule has 0 fully saturated rings. The van der Waals surface area contributed by atoms with Crippen LogP contribution in [-0.4, -0.2) is 19.6 Å². The zero-order valence-electron chi connectivity index (χ0n) is 13.3. The lowest BCUT2D eigenvalue weighted by Crippen LogP contribution is -2.03. The lowest BCUT2D eigenvalue weighted by atomic mass is 10.0. The fraction of sp³-hybridized carbons (Fsp3) is 0.211. The van der Waals surface area contributed by atoms with Gasteiger partial charge < -0.3 is 14.8 Å². The van der Waals surface area contributed by atoms with Gasteiger partial charge in [-0.1, -0.05) is 31.2 Å². The van der Waals surface area contributed by atoms with Gasteiger partial charge in [0.2, 0.25) is 0 Å². The zero-order chi connectivity index (χ0) is 16.2. The standard InChI is InChI=1S/C19H19NO3/c1-3-10-23-18-12-13(8-9-17(18)22-2)11-15-14-6-4-5-7-16(14)20-19(15)21/h4-9,11-12H,3,10H2,1-2H3,(H,20,21). The van der Waals surface area contributed by atoms with Crippen molar-refractivity contribution in [3.05, 3.63) is 53.6 Å². The summed E-state index contributed by atoms with van der Waals surface area (Å²) in [7, 11) is 1.62. The molecule has 3 rings (SSSR count). The molecule has 0 radical (unpaired) electrons. The highest BCUT2D eigenvalue weighted by Crippen LogP contribution is 2.34. The Kier molecular flexibility index (Phi) is 4.33. The van der Waals surface area contributed by atoms with Gasteiger partial charge in [0.25, 0.3) is 5.91 Å². The van der Waals surface area contributed by atoms with Crippen LogP contribution >= 0.6 is 0 Å². The maximum Gasteiger partial charge on any atom is 0.256 e. The van der Waals surface area contributed by atoms with Gasteiger partial charge in [-0.15, -0.1) is 0 Å². The molecule has 118 valence electrons. The molecule has 1 amide bonds. The number of benzene rings is 2. The highest BCUT2D eigenvalue weighted by molar-refractivity contribution is 6.34. The minimum Gasteiger partial charge on any atom is -0.493 e. The van der Waals surface area contributed by atoms with E-state index in [-0.39, 0.29) is 5.91 Å². The van der Waals surface area contributed by atoms with Crippen molar-refractivity contribution in [2.75, 3.05) is 19.0 Å². The summed E-state index contributed by atoms with van der Waals surface area (Å²) in [6, 6.07) is 13.3. The smallest absolute Gasteiger partial charge is 0.256 e. The third-order valence-corrected chi connectivity index (χ3v) is 3.67. The summed E-state index contributed by atoms with van der Waals surface area (Å²) in [5.74, 6) is 1.30. The van der Waals surface area contributed by atoms with Gasteiger partial charge in [-0.2, -0.15) is 0 Å². The molecule has 0 aliphatic carbocycles. The van der Waals surface area contributed by atoms with Crippen molar-refractivity contribution in [1.82, 2.24) is 0 Å². The maximum atomic E-state index is 12.2. The van der Waals surface area contributed by atoms with E-state index in [1.807, 2.05) is 48.5 Å². The van der Waals surface area contributed by atoms with Crippen LogP contribution < -0.4 is 14.8 Å². The molecular weight excluding hydrogens is 290 g/mol. The molecule has 4 nitrogen and oxygen atoms in total. The summed E-state index contributed by atoms with van der Waals surface area (Å²) in [6.07, 6.45) is 2.80. The van der Waals surface area contributed by atoms with Gasteiger partial charge in [0.15, 0.2) is 11.5 Å². The Morgan fingerprint density at radius 1 is 1.13 bits per heavy atom. The van der Waals surface area contributed by atoms with Crippen molar-refractivity contribution in [2.45, 2.75) is 13.3 Å². The van der Waals surface area contributed by atoms with E-state index in [0.29, 0.717) is 23.7 Å². The van der Waals surface area contributed by atoms with Gasteiger partial charge >= 0.3 is 0 Å². The van der Waals surface area contributed by atoms with Crippen LogP contribution in [0.3, 0.4) is 0 Å². The Hall–Kier alpha value is -2.75. The minimum atomic E-state index is -0.0851. The van der Waals surface area contributed by atoms with Gasteiger partial charge in [0.05, 0.1) is 13.7 Å². The molecule has 0 atom stereocenters. The highest BCUT2D eigenvalue weighted by atomic mass is 16.5. The third-order valence-electron chi connectivity index (χ3n) is 3.67. The number of para-hydroxylation sites is 1. The molecule has 0 bridgehead atoms. The number of carbonyl (C=O) groups is 1. The summed E-state index contributed by atoms with van der Waals surface area (Å²) in [4.78, 5) is 12.2. The Balaban J connectivity index is 1.97. The van der Waals surface area contributed by atoms with Crippen molar-refractivity contribution in [3.63, 3.8) is 0 Å². The third kappa shape index (κ3) is 3.06. The molecule has 1 heterocycles. The lowest BCUT2D eigenvalue weighted by molar-refractivity contribution is -0.110. The topological polar surface area (TPSA) is 47.6 Å². The van der Waals surface area contributed by atoms with Gasteiger partial charge in [0.1, 0.15) is 0 Å². The zero-order valence-corrected chi connectivity index (χ0v) is 13.3. The molecule has 2 aromatic carbocycles. The number of hydrogen-bond acceptors (Lipinski definition) is 3. The quantitative estimate of drug-likeness (QED) is 0.850. The predicted molar refractivity (Wildman–Crippen MR) is 91.7 cm³/mol. The van der Waals surface area contributed by atoms with E-state index in [1.54, 1.807) is 7.11 Å². The van der Waals surface area contributed by atoms with Crippen LogP contribution in [0.5, 0.6) is 11.5 Å². The second kappa shape index (κ2) is 6.57. The lowest BCUT2D eigenvalue weighted by Gasteiger charge is -2.10. The number of carbonyl (C=O) groups excluding carboxylic acids is 1. The van der Waals surface area contributed by atoms with E-state index in [9.17, 15) is 4.79 Å². The first-order valence-electron chi connectivity index (χ1n) is 7.66. The minimum absolute atomic E-state index is 0.0851. The first-order chi connectivity index (χ1) is 11.2.